The minimum atomic E-state index is -0.368. The zero-order valence-corrected chi connectivity index (χ0v) is 6.66. The predicted molar refractivity (Wildman–Crippen MR) is 48.3 cm³/mol. The number of aromatic nitrogens is 2. The first kappa shape index (κ1) is 7.72. The van der Waals surface area contributed by atoms with E-state index in [-0.39, 0.29) is 17.6 Å². The van der Waals surface area contributed by atoms with Gasteiger partial charge in [0.2, 0.25) is 5.95 Å². The molecule has 0 aliphatic heterocycles. The first-order valence-electron chi connectivity index (χ1n) is 3.65. The van der Waals surface area contributed by atoms with Gasteiger partial charge in [0.25, 0.3) is 0 Å². The molecule has 0 unspecified atom stereocenters. The Balaban J connectivity index is 2.87. The molecule has 1 aromatic heterocycles. The van der Waals surface area contributed by atoms with Crippen LogP contribution < -0.4 is 11.5 Å². The maximum absolute atomic E-state index is 12.8. The van der Waals surface area contributed by atoms with Crippen LogP contribution in [0.3, 0.4) is 0 Å². The van der Waals surface area contributed by atoms with E-state index in [9.17, 15) is 4.39 Å². The van der Waals surface area contributed by atoms with Crippen molar-refractivity contribution in [2.45, 2.75) is 0 Å². The zero-order valence-electron chi connectivity index (χ0n) is 6.66. The van der Waals surface area contributed by atoms with Crippen LogP contribution in [0.25, 0.3) is 10.9 Å². The molecule has 0 aliphatic carbocycles. The van der Waals surface area contributed by atoms with Gasteiger partial charge in [-0.2, -0.15) is 4.98 Å². The van der Waals surface area contributed by atoms with Crippen LogP contribution in [-0.2, 0) is 0 Å². The Morgan fingerprint density at radius 3 is 2.69 bits per heavy atom. The molecule has 0 bridgehead atoms. The third-order valence-electron chi connectivity index (χ3n) is 1.70. The van der Waals surface area contributed by atoms with Crippen LogP contribution >= 0.6 is 0 Å². The number of hydrogen-bond acceptors (Lipinski definition) is 4. The molecule has 0 saturated carbocycles. The number of halogens is 1. The molecule has 0 aliphatic rings. The maximum atomic E-state index is 12.8. The number of nitrogens with zero attached hydrogens (tertiary/aromatic N) is 2. The lowest BCUT2D eigenvalue weighted by atomic mass is 10.2. The van der Waals surface area contributed by atoms with E-state index in [4.69, 9.17) is 11.5 Å². The first-order valence-corrected chi connectivity index (χ1v) is 3.65. The Labute approximate surface area is 73.4 Å². The fraction of sp³-hybridized carbons (Fsp3) is 0. The summed E-state index contributed by atoms with van der Waals surface area (Å²) in [4.78, 5) is 7.62. The van der Waals surface area contributed by atoms with Gasteiger partial charge in [0.05, 0.1) is 5.52 Å². The fourth-order valence-electron chi connectivity index (χ4n) is 1.14. The Hall–Kier alpha value is -1.91. The number of nitrogen functional groups attached to an aromatic ring is 2. The van der Waals surface area contributed by atoms with Crippen LogP contribution in [0.2, 0.25) is 0 Å². The van der Waals surface area contributed by atoms with E-state index in [1.165, 1.54) is 18.2 Å². The van der Waals surface area contributed by atoms with Gasteiger partial charge in [0.15, 0.2) is 0 Å². The van der Waals surface area contributed by atoms with E-state index < -0.39 is 0 Å². The molecule has 1 heterocycles. The first-order chi connectivity index (χ1) is 6.16. The van der Waals surface area contributed by atoms with Gasteiger partial charge >= 0.3 is 0 Å². The second kappa shape index (κ2) is 2.55. The third kappa shape index (κ3) is 1.24. The summed E-state index contributed by atoms with van der Waals surface area (Å²) in [7, 11) is 0. The molecule has 5 heteroatoms. The quantitative estimate of drug-likeness (QED) is 0.629. The minimum Gasteiger partial charge on any atom is -0.383 e. The van der Waals surface area contributed by atoms with E-state index in [0.29, 0.717) is 10.9 Å². The molecule has 2 aromatic rings. The Kier molecular flexibility index (Phi) is 1.51. The molecule has 0 spiro atoms. The SMILES string of the molecule is Nc1nc(N)c2cc(F)ccc2n1. The summed E-state index contributed by atoms with van der Waals surface area (Å²) in [5.74, 6) is -0.0776. The lowest BCUT2D eigenvalue weighted by molar-refractivity contribution is 0.629. The fourth-order valence-corrected chi connectivity index (χ4v) is 1.14. The highest BCUT2D eigenvalue weighted by atomic mass is 19.1. The molecule has 0 radical (unpaired) electrons. The molecule has 4 N–H and O–H groups in total. The van der Waals surface area contributed by atoms with E-state index in [1.807, 2.05) is 0 Å². The monoisotopic (exact) mass is 178 g/mol. The smallest absolute Gasteiger partial charge is 0.222 e. The Morgan fingerprint density at radius 2 is 1.92 bits per heavy atom. The van der Waals surface area contributed by atoms with Gasteiger partial charge in [-0.3, -0.25) is 0 Å². The zero-order chi connectivity index (χ0) is 9.42. The lowest BCUT2D eigenvalue weighted by Gasteiger charge is -2.01. The summed E-state index contributed by atoms with van der Waals surface area (Å²) in [6, 6.07) is 4.09. The van der Waals surface area contributed by atoms with Gasteiger partial charge in [-0.15, -0.1) is 0 Å². The third-order valence-corrected chi connectivity index (χ3v) is 1.70. The van der Waals surface area contributed by atoms with Crippen LogP contribution in [-0.4, -0.2) is 9.97 Å². The van der Waals surface area contributed by atoms with Gasteiger partial charge in [-0.25, -0.2) is 9.37 Å². The molecule has 2 rings (SSSR count). The number of hydrogen-bond donors (Lipinski definition) is 2. The van der Waals surface area contributed by atoms with Crippen molar-refractivity contribution in [2.75, 3.05) is 11.5 Å². The van der Waals surface area contributed by atoms with Gasteiger partial charge in [-0.05, 0) is 18.2 Å². The van der Waals surface area contributed by atoms with Crippen molar-refractivity contribution < 1.29 is 4.39 Å². The number of anilines is 2. The molecule has 1 aromatic carbocycles. The number of rotatable bonds is 0. The van der Waals surface area contributed by atoms with Crippen molar-refractivity contribution in [3.8, 4) is 0 Å². The van der Waals surface area contributed by atoms with Gasteiger partial charge < -0.3 is 11.5 Å². The number of benzene rings is 1. The van der Waals surface area contributed by atoms with Crippen molar-refractivity contribution in [1.82, 2.24) is 9.97 Å². The summed E-state index contributed by atoms with van der Waals surface area (Å²) in [6.45, 7) is 0. The average molecular weight is 178 g/mol. The molecular formula is C8H7FN4. The molecule has 13 heavy (non-hydrogen) atoms. The minimum absolute atomic E-state index is 0.0941. The largest absolute Gasteiger partial charge is 0.383 e. The topological polar surface area (TPSA) is 77.8 Å². The van der Waals surface area contributed by atoms with Crippen LogP contribution in [0.4, 0.5) is 16.2 Å². The number of fused-ring (bicyclic) bond motifs is 1. The van der Waals surface area contributed by atoms with Crippen LogP contribution in [0.5, 0.6) is 0 Å². The Bertz CT molecular complexity index is 469. The average Bonchev–Trinajstić information content (AvgIpc) is 2.06. The number of nitrogens with two attached hydrogens (primary N) is 2. The molecule has 0 saturated heterocycles. The molecule has 4 nitrogen and oxygen atoms in total. The normalized spacial score (nSPS) is 10.5. The molecule has 0 atom stereocenters. The Morgan fingerprint density at radius 1 is 1.15 bits per heavy atom. The van der Waals surface area contributed by atoms with E-state index >= 15 is 0 Å². The van der Waals surface area contributed by atoms with Gasteiger partial charge in [0, 0.05) is 5.39 Å². The molecular weight excluding hydrogens is 171 g/mol. The van der Waals surface area contributed by atoms with Crippen molar-refractivity contribution in [3.05, 3.63) is 24.0 Å². The molecule has 0 amide bonds. The molecule has 0 fully saturated rings. The second-order valence-electron chi connectivity index (χ2n) is 2.63. The van der Waals surface area contributed by atoms with Crippen LogP contribution in [0, 0.1) is 5.82 Å². The standard InChI is InChI=1S/C8H7FN4/c9-4-1-2-6-5(3-4)7(10)13-8(11)12-6/h1-3H,(H4,10,11,12,13). The van der Waals surface area contributed by atoms with Crippen LogP contribution in [0.15, 0.2) is 18.2 Å². The van der Waals surface area contributed by atoms with Crippen molar-refractivity contribution >= 4 is 22.7 Å². The van der Waals surface area contributed by atoms with Crippen molar-refractivity contribution in [3.63, 3.8) is 0 Å². The lowest BCUT2D eigenvalue weighted by Crippen LogP contribution is -2.00. The highest BCUT2D eigenvalue weighted by Crippen LogP contribution is 2.19. The van der Waals surface area contributed by atoms with E-state index in [1.54, 1.807) is 0 Å². The summed E-state index contributed by atoms with van der Waals surface area (Å²) >= 11 is 0. The summed E-state index contributed by atoms with van der Waals surface area (Å²) in [5.41, 5.74) is 11.4. The summed E-state index contributed by atoms with van der Waals surface area (Å²) < 4.78 is 12.8. The molecule has 66 valence electrons. The summed E-state index contributed by atoms with van der Waals surface area (Å²) in [6.07, 6.45) is 0. The highest BCUT2D eigenvalue weighted by molar-refractivity contribution is 5.88. The summed E-state index contributed by atoms with van der Waals surface area (Å²) in [5, 5.41) is 0.481. The van der Waals surface area contributed by atoms with E-state index in [2.05, 4.69) is 9.97 Å². The van der Waals surface area contributed by atoms with Gasteiger partial charge in [0.1, 0.15) is 11.6 Å². The van der Waals surface area contributed by atoms with Crippen molar-refractivity contribution in [1.29, 1.82) is 0 Å². The second-order valence-corrected chi connectivity index (χ2v) is 2.63. The highest BCUT2D eigenvalue weighted by Gasteiger charge is 2.03. The van der Waals surface area contributed by atoms with E-state index in [0.717, 1.165) is 0 Å². The maximum Gasteiger partial charge on any atom is 0.222 e. The predicted octanol–water partition coefficient (Wildman–Crippen LogP) is 0.933. The van der Waals surface area contributed by atoms with Crippen molar-refractivity contribution in [2.24, 2.45) is 0 Å². The van der Waals surface area contributed by atoms with Crippen LogP contribution in [0.1, 0.15) is 0 Å². The van der Waals surface area contributed by atoms with Gasteiger partial charge in [-0.1, -0.05) is 0 Å².